The summed E-state index contributed by atoms with van der Waals surface area (Å²) in [6, 6.07) is 13.5. The van der Waals surface area contributed by atoms with Crippen LogP contribution in [-0.4, -0.2) is 29.4 Å². The Morgan fingerprint density at radius 3 is 2.30 bits per heavy atom. The largest absolute Gasteiger partial charge is 0.480 e. The normalized spacial score (nSPS) is 9.96. The van der Waals surface area contributed by atoms with E-state index >= 15 is 0 Å². The molecule has 2 amide bonds. The lowest BCUT2D eigenvalue weighted by molar-refractivity contribution is -0.135. The van der Waals surface area contributed by atoms with E-state index in [9.17, 15) is 14.4 Å². The second kappa shape index (κ2) is 7.22. The number of carboxylic acid groups (broad SMARTS) is 1. The molecule has 2 aromatic rings. The number of amides is 2. The van der Waals surface area contributed by atoms with Crippen LogP contribution in [0.15, 0.2) is 48.5 Å². The summed E-state index contributed by atoms with van der Waals surface area (Å²) in [5, 5.41) is 13.6. The summed E-state index contributed by atoms with van der Waals surface area (Å²) in [7, 11) is 0. The SMILES string of the molecule is Cc1ccc(C(=O)NCC(=O)O)cc1NC(=O)c1ccccc1. The number of aliphatic carboxylic acids is 1. The minimum atomic E-state index is -1.12. The molecule has 0 aliphatic heterocycles. The topological polar surface area (TPSA) is 95.5 Å². The molecule has 0 spiro atoms. The van der Waals surface area contributed by atoms with Crippen LogP contribution < -0.4 is 10.6 Å². The Labute approximate surface area is 133 Å². The number of hydrogen-bond acceptors (Lipinski definition) is 3. The first-order chi connectivity index (χ1) is 11.0. The standard InChI is InChI=1S/C17H16N2O4/c1-11-7-8-13(16(22)18-10-15(20)21)9-14(11)19-17(23)12-5-3-2-4-6-12/h2-9H,10H2,1H3,(H,18,22)(H,19,23)(H,20,21). The molecule has 6 nitrogen and oxygen atoms in total. The molecular formula is C17H16N2O4. The zero-order valence-electron chi connectivity index (χ0n) is 12.5. The van der Waals surface area contributed by atoms with E-state index in [1.54, 1.807) is 43.3 Å². The number of carbonyl (C=O) groups excluding carboxylic acids is 2. The fraction of sp³-hybridized carbons (Fsp3) is 0.118. The molecule has 0 aliphatic carbocycles. The number of carboxylic acids is 1. The van der Waals surface area contributed by atoms with Gasteiger partial charge >= 0.3 is 5.97 Å². The van der Waals surface area contributed by atoms with E-state index in [2.05, 4.69) is 10.6 Å². The molecule has 2 aromatic carbocycles. The highest BCUT2D eigenvalue weighted by atomic mass is 16.4. The molecule has 0 unspecified atom stereocenters. The van der Waals surface area contributed by atoms with Crippen LogP contribution in [0.5, 0.6) is 0 Å². The number of nitrogens with one attached hydrogen (secondary N) is 2. The van der Waals surface area contributed by atoms with Crippen molar-refractivity contribution in [3.63, 3.8) is 0 Å². The van der Waals surface area contributed by atoms with Gasteiger partial charge in [0.1, 0.15) is 6.54 Å². The molecule has 0 aliphatic rings. The first-order valence-electron chi connectivity index (χ1n) is 6.94. The van der Waals surface area contributed by atoms with Crippen molar-refractivity contribution in [2.24, 2.45) is 0 Å². The summed E-state index contributed by atoms with van der Waals surface area (Å²) in [6.07, 6.45) is 0. The van der Waals surface area contributed by atoms with Gasteiger partial charge in [-0.15, -0.1) is 0 Å². The van der Waals surface area contributed by atoms with E-state index in [1.807, 2.05) is 6.07 Å². The third kappa shape index (κ3) is 4.41. The van der Waals surface area contributed by atoms with E-state index in [-0.39, 0.29) is 11.5 Å². The Morgan fingerprint density at radius 2 is 1.65 bits per heavy atom. The van der Waals surface area contributed by atoms with Gasteiger partial charge < -0.3 is 15.7 Å². The first kappa shape index (κ1) is 16.2. The van der Waals surface area contributed by atoms with Crippen molar-refractivity contribution in [2.75, 3.05) is 11.9 Å². The monoisotopic (exact) mass is 312 g/mol. The predicted molar refractivity (Wildman–Crippen MR) is 85.5 cm³/mol. The van der Waals surface area contributed by atoms with Gasteiger partial charge in [0.15, 0.2) is 0 Å². The van der Waals surface area contributed by atoms with Crippen molar-refractivity contribution in [3.8, 4) is 0 Å². The summed E-state index contributed by atoms with van der Waals surface area (Å²) < 4.78 is 0. The second-order valence-corrected chi connectivity index (χ2v) is 4.93. The van der Waals surface area contributed by atoms with Crippen molar-refractivity contribution in [2.45, 2.75) is 6.92 Å². The fourth-order valence-corrected chi connectivity index (χ4v) is 1.94. The highest BCUT2D eigenvalue weighted by Crippen LogP contribution is 2.18. The smallest absolute Gasteiger partial charge is 0.322 e. The quantitative estimate of drug-likeness (QED) is 0.787. The zero-order chi connectivity index (χ0) is 16.8. The maximum absolute atomic E-state index is 12.2. The van der Waals surface area contributed by atoms with Crippen molar-refractivity contribution < 1.29 is 19.5 Å². The number of anilines is 1. The Bertz CT molecular complexity index is 742. The Hall–Kier alpha value is -3.15. The molecule has 0 atom stereocenters. The van der Waals surface area contributed by atoms with E-state index < -0.39 is 18.4 Å². The van der Waals surface area contributed by atoms with Crippen LogP contribution in [0.3, 0.4) is 0 Å². The molecule has 23 heavy (non-hydrogen) atoms. The average Bonchev–Trinajstić information content (AvgIpc) is 2.55. The molecule has 0 fully saturated rings. The lowest BCUT2D eigenvalue weighted by atomic mass is 10.1. The summed E-state index contributed by atoms with van der Waals surface area (Å²) >= 11 is 0. The van der Waals surface area contributed by atoms with Gasteiger partial charge in [-0.2, -0.15) is 0 Å². The van der Waals surface area contributed by atoms with Gasteiger partial charge in [-0.1, -0.05) is 24.3 Å². The second-order valence-electron chi connectivity index (χ2n) is 4.93. The third-order valence-electron chi connectivity index (χ3n) is 3.18. The molecule has 118 valence electrons. The Morgan fingerprint density at radius 1 is 0.957 bits per heavy atom. The van der Waals surface area contributed by atoms with Gasteiger partial charge in [0.05, 0.1) is 0 Å². The molecular weight excluding hydrogens is 296 g/mol. The lowest BCUT2D eigenvalue weighted by Crippen LogP contribution is -2.29. The summed E-state index contributed by atoms with van der Waals surface area (Å²) in [6.45, 7) is 1.35. The average molecular weight is 312 g/mol. The minimum Gasteiger partial charge on any atom is -0.480 e. The fourth-order valence-electron chi connectivity index (χ4n) is 1.94. The Balaban J connectivity index is 2.16. The third-order valence-corrected chi connectivity index (χ3v) is 3.18. The van der Waals surface area contributed by atoms with Crippen LogP contribution in [-0.2, 0) is 4.79 Å². The Kier molecular flexibility index (Phi) is 5.09. The summed E-state index contributed by atoms with van der Waals surface area (Å²) in [4.78, 5) is 34.5. The first-order valence-corrected chi connectivity index (χ1v) is 6.94. The zero-order valence-corrected chi connectivity index (χ0v) is 12.5. The number of carbonyl (C=O) groups is 3. The predicted octanol–water partition coefficient (Wildman–Crippen LogP) is 2.06. The van der Waals surface area contributed by atoms with E-state index in [0.717, 1.165) is 5.56 Å². The molecule has 6 heteroatoms. The van der Waals surface area contributed by atoms with Crippen LogP contribution in [0, 0.1) is 6.92 Å². The molecule has 0 bridgehead atoms. The molecule has 0 radical (unpaired) electrons. The van der Waals surface area contributed by atoms with Crippen LogP contribution in [0.25, 0.3) is 0 Å². The van der Waals surface area contributed by atoms with Gasteiger partial charge in [-0.25, -0.2) is 0 Å². The molecule has 0 saturated carbocycles. The van der Waals surface area contributed by atoms with Crippen LogP contribution in [0.4, 0.5) is 5.69 Å². The number of hydrogen-bond donors (Lipinski definition) is 3. The molecule has 3 N–H and O–H groups in total. The van der Waals surface area contributed by atoms with Crippen molar-refractivity contribution in [1.82, 2.24) is 5.32 Å². The van der Waals surface area contributed by atoms with Crippen molar-refractivity contribution in [1.29, 1.82) is 0 Å². The van der Waals surface area contributed by atoms with E-state index in [1.165, 1.54) is 6.07 Å². The highest BCUT2D eigenvalue weighted by molar-refractivity contribution is 6.05. The van der Waals surface area contributed by atoms with Gasteiger partial charge in [0.2, 0.25) is 0 Å². The number of rotatable bonds is 5. The van der Waals surface area contributed by atoms with Crippen LogP contribution >= 0.6 is 0 Å². The van der Waals surface area contributed by atoms with Crippen molar-refractivity contribution in [3.05, 3.63) is 65.2 Å². The molecule has 2 rings (SSSR count). The lowest BCUT2D eigenvalue weighted by Gasteiger charge is -2.10. The summed E-state index contributed by atoms with van der Waals surface area (Å²) in [5.41, 5.74) is 2.08. The van der Waals surface area contributed by atoms with Gasteiger partial charge in [-0.05, 0) is 36.8 Å². The molecule has 0 aromatic heterocycles. The van der Waals surface area contributed by atoms with Crippen molar-refractivity contribution >= 4 is 23.5 Å². The van der Waals surface area contributed by atoms with Gasteiger partial charge in [0, 0.05) is 16.8 Å². The maximum Gasteiger partial charge on any atom is 0.322 e. The van der Waals surface area contributed by atoms with Crippen LogP contribution in [0.1, 0.15) is 26.3 Å². The number of aryl methyl sites for hydroxylation is 1. The number of benzene rings is 2. The molecule has 0 heterocycles. The van der Waals surface area contributed by atoms with Gasteiger partial charge in [-0.3, -0.25) is 14.4 Å². The highest BCUT2D eigenvalue weighted by Gasteiger charge is 2.12. The van der Waals surface area contributed by atoms with E-state index in [0.29, 0.717) is 11.3 Å². The maximum atomic E-state index is 12.2. The minimum absolute atomic E-state index is 0.278. The van der Waals surface area contributed by atoms with E-state index in [4.69, 9.17) is 5.11 Å². The molecule has 0 saturated heterocycles. The summed E-state index contributed by atoms with van der Waals surface area (Å²) in [5.74, 6) is -1.91. The van der Waals surface area contributed by atoms with Gasteiger partial charge in [0.25, 0.3) is 11.8 Å². The van der Waals surface area contributed by atoms with Crippen LogP contribution in [0.2, 0.25) is 0 Å².